The van der Waals surface area contributed by atoms with Crippen molar-refractivity contribution in [3.05, 3.63) is 36.3 Å². The number of carbonyl (C=O) groups is 1. The molecule has 0 spiro atoms. The van der Waals surface area contributed by atoms with Crippen LogP contribution in [0.3, 0.4) is 0 Å². The van der Waals surface area contributed by atoms with Crippen molar-refractivity contribution in [2.45, 2.75) is 32.2 Å². The summed E-state index contributed by atoms with van der Waals surface area (Å²) in [5.41, 5.74) is 6.47. The maximum atomic E-state index is 12.3. The van der Waals surface area contributed by atoms with Crippen molar-refractivity contribution in [2.24, 2.45) is 5.73 Å². The maximum absolute atomic E-state index is 12.3. The van der Waals surface area contributed by atoms with Gasteiger partial charge in [0.15, 0.2) is 11.5 Å². The molecule has 0 radical (unpaired) electrons. The number of hydrogen-bond acceptors (Lipinski definition) is 5. The van der Waals surface area contributed by atoms with E-state index in [-0.39, 0.29) is 11.6 Å². The smallest absolute Gasteiger partial charge is 0.273 e. The van der Waals surface area contributed by atoms with E-state index in [0.29, 0.717) is 12.3 Å². The molecule has 21 heavy (non-hydrogen) atoms. The minimum Gasteiger partial charge on any atom is -0.355 e. The van der Waals surface area contributed by atoms with Crippen molar-refractivity contribution in [1.29, 1.82) is 0 Å². The van der Waals surface area contributed by atoms with E-state index in [0.717, 1.165) is 18.4 Å². The van der Waals surface area contributed by atoms with Gasteiger partial charge in [-0.3, -0.25) is 9.78 Å². The molecule has 0 fully saturated rings. The maximum Gasteiger partial charge on any atom is 0.273 e. The van der Waals surface area contributed by atoms with E-state index in [1.54, 1.807) is 30.6 Å². The summed E-state index contributed by atoms with van der Waals surface area (Å²) in [5, 5.41) is 6.79. The fraction of sp³-hybridized carbons (Fsp3) is 0.400. The van der Waals surface area contributed by atoms with Gasteiger partial charge in [0.05, 0.1) is 5.54 Å². The average Bonchev–Trinajstić information content (AvgIpc) is 3.04. The number of nitrogens with zero attached hydrogens (tertiary/aromatic N) is 2. The molecule has 2 aromatic rings. The molecule has 0 atom stereocenters. The second kappa shape index (κ2) is 6.49. The van der Waals surface area contributed by atoms with Crippen LogP contribution < -0.4 is 11.1 Å². The molecule has 0 saturated heterocycles. The Balaban J connectivity index is 2.16. The van der Waals surface area contributed by atoms with Gasteiger partial charge >= 0.3 is 0 Å². The Labute approximate surface area is 123 Å². The van der Waals surface area contributed by atoms with Crippen LogP contribution in [-0.2, 0) is 0 Å². The van der Waals surface area contributed by atoms with Crippen LogP contribution in [0.4, 0.5) is 0 Å². The highest BCUT2D eigenvalue weighted by molar-refractivity contribution is 5.93. The first-order valence-electron chi connectivity index (χ1n) is 7.04. The molecular formula is C15H20N4O2. The lowest BCUT2D eigenvalue weighted by atomic mass is 9.93. The highest BCUT2D eigenvalue weighted by Gasteiger charge is 2.28. The van der Waals surface area contributed by atoms with Gasteiger partial charge in [-0.2, -0.15) is 0 Å². The molecule has 6 nitrogen and oxygen atoms in total. The molecule has 0 aliphatic carbocycles. The zero-order valence-electron chi connectivity index (χ0n) is 12.3. The molecule has 1 amide bonds. The third kappa shape index (κ3) is 3.28. The number of nitrogens with two attached hydrogens (primary N) is 1. The normalized spacial score (nSPS) is 11.4. The first-order chi connectivity index (χ1) is 10.1. The molecular weight excluding hydrogens is 268 g/mol. The van der Waals surface area contributed by atoms with Crippen LogP contribution in [0.5, 0.6) is 0 Å². The molecule has 0 aromatic carbocycles. The number of aromatic nitrogens is 2. The van der Waals surface area contributed by atoms with Crippen molar-refractivity contribution in [3.63, 3.8) is 0 Å². The Kier molecular flexibility index (Phi) is 4.70. The first-order valence-corrected chi connectivity index (χ1v) is 7.04. The van der Waals surface area contributed by atoms with Gasteiger partial charge < -0.3 is 15.6 Å². The van der Waals surface area contributed by atoms with Crippen molar-refractivity contribution in [3.8, 4) is 11.3 Å². The van der Waals surface area contributed by atoms with Crippen LogP contribution >= 0.6 is 0 Å². The first kappa shape index (κ1) is 15.2. The summed E-state index contributed by atoms with van der Waals surface area (Å²) in [7, 11) is 0. The van der Waals surface area contributed by atoms with E-state index in [1.165, 1.54) is 0 Å². The molecule has 112 valence electrons. The Morgan fingerprint density at radius 2 is 2.00 bits per heavy atom. The van der Waals surface area contributed by atoms with Crippen molar-refractivity contribution >= 4 is 5.91 Å². The van der Waals surface area contributed by atoms with Crippen LogP contribution in [0.1, 0.15) is 37.2 Å². The van der Waals surface area contributed by atoms with E-state index in [9.17, 15) is 4.79 Å². The van der Waals surface area contributed by atoms with Crippen molar-refractivity contribution in [2.75, 3.05) is 6.54 Å². The summed E-state index contributed by atoms with van der Waals surface area (Å²) in [6.45, 7) is 4.39. The molecule has 0 aliphatic rings. The minimum absolute atomic E-state index is 0.251. The largest absolute Gasteiger partial charge is 0.355 e. The van der Waals surface area contributed by atoms with Crippen LogP contribution in [0.15, 0.2) is 35.1 Å². The highest BCUT2D eigenvalue weighted by Crippen LogP contribution is 2.20. The lowest BCUT2D eigenvalue weighted by Gasteiger charge is -2.30. The molecule has 6 heteroatoms. The van der Waals surface area contributed by atoms with Crippen LogP contribution in [0, 0.1) is 0 Å². The lowest BCUT2D eigenvalue weighted by molar-refractivity contribution is 0.0886. The number of pyridine rings is 1. The van der Waals surface area contributed by atoms with Crippen molar-refractivity contribution < 1.29 is 9.32 Å². The molecule has 3 N–H and O–H groups in total. The van der Waals surface area contributed by atoms with Crippen LogP contribution in [0.25, 0.3) is 11.3 Å². The van der Waals surface area contributed by atoms with Gasteiger partial charge in [0.2, 0.25) is 0 Å². The lowest BCUT2D eigenvalue weighted by Crippen LogP contribution is -2.52. The Morgan fingerprint density at radius 3 is 2.57 bits per heavy atom. The van der Waals surface area contributed by atoms with E-state index in [2.05, 4.69) is 15.5 Å². The van der Waals surface area contributed by atoms with Gasteiger partial charge in [0, 0.05) is 30.6 Å². The van der Waals surface area contributed by atoms with Gasteiger partial charge in [-0.05, 0) is 25.0 Å². The van der Waals surface area contributed by atoms with Crippen LogP contribution in [0.2, 0.25) is 0 Å². The second-order valence-electron chi connectivity index (χ2n) is 4.96. The third-order valence-electron chi connectivity index (χ3n) is 3.83. The predicted molar refractivity (Wildman–Crippen MR) is 79.6 cm³/mol. The summed E-state index contributed by atoms with van der Waals surface area (Å²) < 4.78 is 5.22. The molecule has 2 aromatic heterocycles. The zero-order valence-corrected chi connectivity index (χ0v) is 12.3. The van der Waals surface area contributed by atoms with Crippen molar-refractivity contribution in [1.82, 2.24) is 15.5 Å². The van der Waals surface area contributed by atoms with Gasteiger partial charge in [0.1, 0.15) is 0 Å². The summed E-state index contributed by atoms with van der Waals surface area (Å²) in [4.78, 5) is 16.2. The SMILES string of the molecule is CCC(CC)(CN)NC(=O)c1cc(-c2ccncc2)on1. The summed E-state index contributed by atoms with van der Waals surface area (Å²) in [6.07, 6.45) is 4.85. The fourth-order valence-electron chi connectivity index (χ4n) is 2.11. The number of amides is 1. The Bertz CT molecular complexity index is 582. The molecule has 0 bridgehead atoms. The van der Waals surface area contributed by atoms with Gasteiger partial charge in [-0.15, -0.1) is 0 Å². The Morgan fingerprint density at radius 1 is 1.33 bits per heavy atom. The topological polar surface area (TPSA) is 94.0 Å². The summed E-state index contributed by atoms with van der Waals surface area (Å²) >= 11 is 0. The van der Waals surface area contributed by atoms with E-state index < -0.39 is 5.54 Å². The molecule has 2 rings (SSSR count). The monoisotopic (exact) mass is 288 g/mol. The molecule has 0 unspecified atom stereocenters. The van der Waals surface area contributed by atoms with E-state index in [4.69, 9.17) is 10.3 Å². The third-order valence-corrected chi connectivity index (χ3v) is 3.83. The molecule has 0 aliphatic heterocycles. The number of rotatable bonds is 6. The minimum atomic E-state index is -0.396. The summed E-state index contributed by atoms with van der Waals surface area (Å²) in [5.74, 6) is 0.266. The number of nitrogens with one attached hydrogen (secondary N) is 1. The second-order valence-corrected chi connectivity index (χ2v) is 4.96. The van der Waals surface area contributed by atoms with E-state index >= 15 is 0 Å². The number of hydrogen-bond donors (Lipinski definition) is 2. The quantitative estimate of drug-likeness (QED) is 0.847. The highest BCUT2D eigenvalue weighted by atomic mass is 16.5. The average molecular weight is 288 g/mol. The van der Waals surface area contributed by atoms with E-state index in [1.807, 2.05) is 13.8 Å². The zero-order chi connectivity index (χ0) is 15.3. The molecule has 0 saturated carbocycles. The van der Waals surface area contributed by atoms with Crippen LogP contribution in [-0.4, -0.2) is 28.1 Å². The fourth-order valence-corrected chi connectivity index (χ4v) is 2.11. The van der Waals surface area contributed by atoms with Gasteiger partial charge in [-0.1, -0.05) is 19.0 Å². The summed E-state index contributed by atoms with van der Waals surface area (Å²) in [6, 6.07) is 5.21. The Hall–Kier alpha value is -2.21. The van der Waals surface area contributed by atoms with Gasteiger partial charge in [0.25, 0.3) is 5.91 Å². The molecule has 2 heterocycles. The predicted octanol–water partition coefficient (Wildman–Crippen LogP) is 1.98. The standard InChI is InChI=1S/C15H20N4O2/c1-3-15(4-2,10-16)18-14(20)12-9-13(21-19-12)11-5-7-17-8-6-11/h5-9H,3-4,10,16H2,1-2H3,(H,18,20). The number of carbonyl (C=O) groups excluding carboxylic acids is 1. The van der Waals surface area contributed by atoms with Gasteiger partial charge in [-0.25, -0.2) is 0 Å².